The van der Waals surface area contributed by atoms with E-state index < -0.39 is 0 Å². The number of rotatable bonds is 5. The molecule has 34 heavy (non-hydrogen) atoms. The van der Waals surface area contributed by atoms with E-state index in [-0.39, 0.29) is 18.0 Å². The first-order chi connectivity index (χ1) is 16.7. The lowest BCUT2D eigenvalue weighted by atomic mass is 9.97. The van der Waals surface area contributed by atoms with Crippen molar-refractivity contribution in [3.05, 3.63) is 76.1 Å². The van der Waals surface area contributed by atoms with Crippen LogP contribution in [-0.2, 0) is 24.3 Å². The van der Waals surface area contributed by atoms with E-state index in [9.17, 15) is 9.59 Å². The molecule has 1 amide bonds. The van der Waals surface area contributed by atoms with Gasteiger partial charge in [0.25, 0.3) is 5.56 Å². The summed E-state index contributed by atoms with van der Waals surface area (Å²) in [5.41, 5.74) is 5.19. The third-order valence-corrected chi connectivity index (χ3v) is 7.19. The Bertz CT molecular complexity index is 1510. The van der Waals surface area contributed by atoms with Gasteiger partial charge in [0.15, 0.2) is 5.82 Å². The van der Waals surface area contributed by atoms with Gasteiger partial charge in [0.05, 0.1) is 16.6 Å². The highest BCUT2D eigenvalue weighted by molar-refractivity contribution is 5.93. The SMILES string of the molecule is O=C(Cn1c2c(c3ccccc31)CCn1c-2nc2ccccc2c1=O)NCCC1=CCCCC1. The maximum Gasteiger partial charge on any atom is 0.261 e. The summed E-state index contributed by atoms with van der Waals surface area (Å²) in [6.07, 6.45) is 8.82. The Morgan fingerprint density at radius 2 is 1.82 bits per heavy atom. The zero-order valence-electron chi connectivity index (χ0n) is 19.2. The molecule has 0 saturated carbocycles. The van der Waals surface area contributed by atoms with E-state index in [1.54, 1.807) is 4.57 Å². The molecule has 2 aliphatic rings. The molecule has 0 fully saturated rings. The van der Waals surface area contributed by atoms with Crippen molar-refractivity contribution < 1.29 is 4.79 Å². The number of para-hydroxylation sites is 2. The van der Waals surface area contributed by atoms with Gasteiger partial charge in [-0.15, -0.1) is 0 Å². The number of fused-ring (bicyclic) bond motifs is 6. The van der Waals surface area contributed by atoms with E-state index in [2.05, 4.69) is 23.5 Å². The molecule has 0 atom stereocenters. The van der Waals surface area contributed by atoms with Gasteiger partial charge in [0.2, 0.25) is 5.91 Å². The zero-order chi connectivity index (χ0) is 23.1. The van der Waals surface area contributed by atoms with Gasteiger partial charge in [0, 0.05) is 24.0 Å². The fourth-order valence-corrected chi connectivity index (χ4v) is 5.52. The quantitative estimate of drug-likeness (QED) is 0.451. The minimum absolute atomic E-state index is 0.0137. The van der Waals surface area contributed by atoms with Crippen LogP contribution in [0.15, 0.2) is 65.0 Å². The lowest BCUT2D eigenvalue weighted by Crippen LogP contribution is -2.31. The van der Waals surface area contributed by atoms with Crippen LogP contribution < -0.4 is 10.9 Å². The van der Waals surface area contributed by atoms with Crippen LogP contribution >= 0.6 is 0 Å². The van der Waals surface area contributed by atoms with Crippen LogP contribution in [0, 0.1) is 0 Å². The third kappa shape index (κ3) is 3.54. The molecule has 6 heteroatoms. The van der Waals surface area contributed by atoms with Crippen LogP contribution in [0.25, 0.3) is 33.3 Å². The summed E-state index contributed by atoms with van der Waals surface area (Å²) in [4.78, 5) is 31.2. The van der Waals surface area contributed by atoms with E-state index in [0.29, 0.717) is 29.8 Å². The Morgan fingerprint density at radius 1 is 1.00 bits per heavy atom. The molecule has 0 spiro atoms. The number of hydrogen-bond donors (Lipinski definition) is 1. The molecule has 2 aromatic heterocycles. The Balaban J connectivity index is 1.38. The van der Waals surface area contributed by atoms with Crippen molar-refractivity contribution in [1.29, 1.82) is 0 Å². The summed E-state index contributed by atoms with van der Waals surface area (Å²) in [6, 6.07) is 15.7. The summed E-state index contributed by atoms with van der Waals surface area (Å²) in [5.74, 6) is 0.640. The number of allylic oxidation sites excluding steroid dienone is 1. The summed E-state index contributed by atoms with van der Waals surface area (Å²) in [6.45, 7) is 1.46. The third-order valence-electron chi connectivity index (χ3n) is 7.19. The molecule has 4 aromatic rings. The zero-order valence-corrected chi connectivity index (χ0v) is 19.2. The Kier molecular flexibility index (Phi) is 5.28. The standard InChI is InChI=1S/C28H28N4O2/c33-25(29-16-14-19-8-2-1-3-9-19)18-32-24-13-7-5-10-20(24)21-15-17-31-27(26(21)32)30-23-12-6-4-11-22(23)28(31)34/h4-8,10-13H,1-3,9,14-18H2,(H,29,33). The maximum atomic E-state index is 13.3. The highest BCUT2D eigenvalue weighted by Crippen LogP contribution is 2.36. The predicted octanol–water partition coefficient (Wildman–Crippen LogP) is 4.58. The van der Waals surface area contributed by atoms with Crippen LogP contribution in [0.3, 0.4) is 0 Å². The smallest absolute Gasteiger partial charge is 0.261 e. The summed E-state index contributed by atoms with van der Waals surface area (Å²) in [5, 5.41) is 4.88. The first-order valence-electron chi connectivity index (χ1n) is 12.3. The molecular formula is C28H28N4O2. The first kappa shape index (κ1) is 20.9. The van der Waals surface area contributed by atoms with Crippen LogP contribution in [0.2, 0.25) is 0 Å². The van der Waals surface area contributed by atoms with Crippen LogP contribution in [0.1, 0.15) is 37.7 Å². The second-order valence-electron chi connectivity index (χ2n) is 9.30. The van der Waals surface area contributed by atoms with Crippen LogP contribution in [0.5, 0.6) is 0 Å². The number of amides is 1. The van der Waals surface area contributed by atoms with Gasteiger partial charge >= 0.3 is 0 Å². The van der Waals surface area contributed by atoms with E-state index in [1.165, 1.54) is 18.4 Å². The Morgan fingerprint density at radius 3 is 2.68 bits per heavy atom. The number of carbonyl (C=O) groups excluding carboxylic acids is 1. The lowest BCUT2D eigenvalue weighted by molar-refractivity contribution is -0.121. The number of aromatic nitrogens is 3. The Hall–Kier alpha value is -3.67. The van der Waals surface area contributed by atoms with Gasteiger partial charge < -0.3 is 9.88 Å². The minimum Gasteiger partial charge on any atom is -0.354 e. The van der Waals surface area contributed by atoms with Crippen molar-refractivity contribution in [2.75, 3.05) is 6.54 Å². The van der Waals surface area contributed by atoms with Gasteiger partial charge in [-0.3, -0.25) is 14.2 Å². The summed E-state index contributed by atoms with van der Waals surface area (Å²) < 4.78 is 3.82. The molecule has 6 nitrogen and oxygen atoms in total. The number of aryl methyl sites for hydroxylation is 1. The van der Waals surface area contributed by atoms with Crippen molar-refractivity contribution in [1.82, 2.24) is 19.4 Å². The molecule has 172 valence electrons. The monoisotopic (exact) mass is 452 g/mol. The van der Waals surface area contributed by atoms with E-state index in [4.69, 9.17) is 4.98 Å². The van der Waals surface area contributed by atoms with Gasteiger partial charge in [-0.05, 0) is 62.3 Å². The van der Waals surface area contributed by atoms with Crippen molar-refractivity contribution >= 4 is 27.7 Å². The van der Waals surface area contributed by atoms with Crippen LogP contribution in [0.4, 0.5) is 0 Å². The molecule has 0 bridgehead atoms. The van der Waals surface area contributed by atoms with E-state index in [0.717, 1.165) is 47.8 Å². The Labute approximate surface area is 197 Å². The van der Waals surface area contributed by atoms with Gasteiger partial charge in [-0.1, -0.05) is 42.0 Å². The molecule has 1 aliphatic heterocycles. The molecule has 1 N–H and O–H groups in total. The second kappa shape index (κ2) is 8.60. The van der Waals surface area contributed by atoms with E-state index in [1.807, 2.05) is 41.0 Å². The average molecular weight is 453 g/mol. The highest BCUT2D eigenvalue weighted by Gasteiger charge is 2.27. The lowest BCUT2D eigenvalue weighted by Gasteiger charge is -2.21. The fraction of sp³-hybridized carbons (Fsp3) is 0.321. The molecule has 3 heterocycles. The van der Waals surface area contributed by atoms with Crippen molar-refractivity contribution in [3.8, 4) is 11.5 Å². The topological polar surface area (TPSA) is 68.9 Å². The second-order valence-corrected chi connectivity index (χ2v) is 9.30. The number of carbonyl (C=O) groups is 1. The predicted molar refractivity (Wildman–Crippen MR) is 135 cm³/mol. The maximum absolute atomic E-state index is 13.3. The molecular weight excluding hydrogens is 424 g/mol. The van der Waals surface area contributed by atoms with Gasteiger partial charge in [-0.2, -0.15) is 0 Å². The fourth-order valence-electron chi connectivity index (χ4n) is 5.52. The van der Waals surface area contributed by atoms with Crippen molar-refractivity contribution in [2.45, 2.75) is 51.6 Å². The van der Waals surface area contributed by atoms with Crippen molar-refractivity contribution in [2.24, 2.45) is 0 Å². The number of nitrogens with one attached hydrogen (secondary N) is 1. The summed E-state index contributed by atoms with van der Waals surface area (Å²) in [7, 11) is 0. The molecule has 0 unspecified atom stereocenters. The largest absolute Gasteiger partial charge is 0.354 e. The van der Waals surface area contributed by atoms with Crippen molar-refractivity contribution in [3.63, 3.8) is 0 Å². The highest BCUT2D eigenvalue weighted by atomic mass is 16.2. The molecule has 1 aliphatic carbocycles. The first-order valence-corrected chi connectivity index (χ1v) is 12.3. The summed E-state index contributed by atoms with van der Waals surface area (Å²) >= 11 is 0. The molecule has 0 saturated heterocycles. The van der Waals surface area contributed by atoms with Gasteiger partial charge in [-0.25, -0.2) is 4.98 Å². The molecule has 2 aromatic carbocycles. The molecule has 6 rings (SSSR count). The van der Waals surface area contributed by atoms with Gasteiger partial charge in [0.1, 0.15) is 6.54 Å². The minimum atomic E-state index is -0.0201. The van der Waals surface area contributed by atoms with E-state index >= 15 is 0 Å². The normalized spacial score (nSPS) is 15.1. The number of nitrogens with zero attached hydrogens (tertiary/aromatic N) is 3. The van der Waals surface area contributed by atoms with Crippen LogP contribution in [-0.4, -0.2) is 26.6 Å². The number of hydrogen-bond acceptors (Lipinski definition) is 3. The average Bonchev–Trinajstić information content (AvgIpc) is 3.19. The number of benzene rings is 2. The molecule has 0 radical (unpaired) electrons.